The van der Waals surface area contributed by atoms with Crippen molar-refractivity contribution < 1.29 is 0 Å². The molecule has 2 nitrogen and oxygen atoms in total. The summed E-state index contributed by atoms with van der Waals surface area (Å²) in [6, 6.07) is 9.03. The van der Waals surface area contributed by atoms with Crippen LogP contribution in [0.2, 0.25) is 0 Å². The van der Waals surface area contributed by atoms with Gasteiger partial charge < -0.3 is 11.1 Å². The molecule has 0 aliphatic carbocycles. The monoisotopic (exact) mass is 232 g/mol. The molecule has 1 aromatic carbocycles. The van der Waals surface area contributed by atoms with Crippen molar-refractivity contribution in [3.8, 4) is 0 Å². The number of aryl methyl sites for hydroxylation is 1. The second-order valence-electron chi connectivity index (χ2n) is 5.92. The fourth-order valence-corrected chi connectivity index (χ4v) is 2.41. The van der Waals surface area contributed by atoms with E-state index >= 15 is 0 Å². The summed E-state index contributed by atoms with van der Waals surface area (Å²) in [4.78, 5) is 0. The van der Waals surface area contributed by atoms with Crippen molar-refractivity contribution >= 4 is 0 Å². The van der Waals surface area contributed by atoms with Gasteiger partial charge in [0.1, 0.15) is 0 Å². The lowest BCUT2D eigenvalue weighted by molar-refractivity contribution is 0.477. The topological polar surface area (TPSA) is 38.0 Å². The third-order valence-electron chi connectivity index (χ3n) is 3.54. The molecule has 1 aliphatic heterocycles. The largest absolute Gasteiger partial charge is 0.326 e. The van der Waals surface area contributed by atoms with Gasteiger partial charge in [-0.25, -0.2) is 0 Å². The lowest BCUT2D eigenvalue weighted by Crippen LogP contribution is -2.32. The lowest BCUT2D eigenvalue weighted by atomic mass is 9.92. The van der Waals surface area contributed by atoms with Gasteiger partial charge in [-0.15, -0.1) is 0 Å². The fourth-order valence-electron chi connectivity index (χ4n) is 2.41. The molecule has 1 fully saturated rings. The highest BCUT2D eigenvalue weighted by Gasteiger charge is 2.17. The maximum absolute atomic E-state index is 6.03. The zero-order valence-electron chi connectivity index (χ0n) is 11.0. The second kappa shape index (κ2) is 5.19. The highest BCUT2D eigenvalue weighted by Crippen LogP contribution is 2.23. The molecule has 0 saturated carbocycles. The van der Waals surface area contributed by atoms with Crippen LogP contribution in [0, 0.1) is 0 Å². The molecule has 1 aliphatic rings. The van der Waals surface area contributed by atoms with E-state index in [1.807, 2.05) is 0 Å². The van der Waals surface area contributed by atoms with E-state index in [9.17, 15) is 0 Å². The Labute approximate surface area is 105 Å². The van der Waals surface area contributed by atoms with Crippen LogP contribution >= 0.6 is 0 Å². The van der Waals surface area contributed by atoms with E-state index in [2.05, 4.69) is 43.4 Å². The zero-order chi connectivity index (χ0) is 12.3. The summed E-state index contributed by atoms with van der Waals surface area (Å²) < 4.78 is 0. The Hall–Kier alpha value is -0.860. The van der Waals surface area contributed by atoms with Crippen molar-refractivity contribution in [1.29, 1.82) is 0 Å². The highest BCUT2D eigenvalue weighted by atomic mass is 14.9. The van der Waals surface area contributed by atoms with Crippen molar-refractivity contribution in [2.45, 2.75) is 44.6 Å². The molecule has 0 bridgehead atoms. The zero-order valence-corrected chi connectivity index (χ0v) is 11.0. The van der Waals surface area contributed by atoms with Crippen LogP contribution in [0.15, 0.2) is 24.3 Å². The molecule has 1 aromatic rings. The molecular weight excluding hydrogens is 208 g/mol. The third kappa shape index (κ3) is 3.83. The molecule has 17 heavy (non-hydrogen) atoms. The molecule has 3 N–H and O–H groups in total. The molecule has 1 heterocycles. The van der Waals surface area contributed by atoms with E-state index in [4.69, 9.17) is 5.73 Å². The first-order valence-electron chi connectivity index (χ1n) is 6.63. The van der Waals surface area contributed by atoms with Crippen molar-refractivity contribution in [1.82, 2.24) is 5.32 Å². The smallest absolute Gasteiger partial charge is 0.0100 e. The van der Waals surface area contributed by atoms with E-state index in [0.717, 1.165) is 25.9 Å². The molecule has 0 radical (unpaired) electrons. The molecule has 2 rings (SSSR count). The van der Waals surface area contributed by atoms with E-state index in [1.54, 1.807) is 0 Å². The number of rotatable bonds is 4. The quantitative estimate of drug-likeness (QED) is 0.836. The Morgan fingerprint density at radius 2 is 2.24 bits per heavy atom. The van der Waals surface area contributed by atoms with Gasteiger partial charge in [-0.1, -0.05) is 24.3 Å². The maximum atomic E-state index is 6.03. The van der Waals surface area contributed by atoms with Gasteiger partial charge in [-0.2, -0.15) is 0 Å². The molecular formula is C15H24N2. The maximum Gasteiger partial charge on any atom is 0.0100 e. The minimum Gasteiger partial charge on any atom is -0.326 e. The molecule has 2 heteroatoms. The van der Waals surface area contributed by atoms with Gasteiger partial charge in [0.15, 0.2) is 0 Å². The van der Waals surface area contributed by atoms with Crippen LogP contribution in [0.4, 0.5) is 0 Å². The Kier molecular flexibility index (Phi) is 3.85. The van der Waals surface area contributed by atoms with Crippen molar-refractivity contribution in [2.24, 2.45) is 5.73 Å². The molecule has 0 aromatic heterocycles. The Morgan fingerprint density at radius 1 is 1.41 bits per heavy atom. The molecule has 1 saturated heterocycles. The lowest BCUT2D eigenvalue weighted by Gasteiger charge is -2.18. The number of hydrogen-bond acceptors (Lipinski definition) is 2. The van der Waals surface area contributed by atoms with Crippen molar-refractivity contribution in [2.75, 3.05) is 13.1 Å². The van der Waals surface area contributed by atoms with E-state index < -0.39 is 0 Å². The van der Waals surface area contributed by atoms with E-state index in [1.165, 1.54) is 17.5 Å². The van der Waals surface area contributed by atoms with Gasteiger partial charge in [-0.3, -0.25) is 0 Å². The molecule has 1 unspecified atom stereocenters. The SMILES string of the molecule is CC(C)(N)CCc1cccc(C2CCNC2)c1. The van der Waals surface area contributed by atoms with Crippen LogP contribution < -0.4 is 11.1 Å². The molecule has 0 amide bonds. The summed E-state index contributed by atoms with van der Waals surface area (Å²) in [5.74, 6) is 0.709. The first kappa shape index (κ1) is 12.6. The first-order valence-corrected chi connectivity index (χ1v) is 6.63. The van der Waals surface area contributed by atoms with Gasteiger partial charge in [0, 0.05) is 12.1 Å². The third-order valence-corrected chi connectivity index (χ3v) is 3.54. The van der Waals surface area contributed by atoms with Crippen LogP contribution in [0.25, 0.3) is 0 Å². The minimum atomic E-state index is -0.0646. The standard InChI is InChI=1S/C15H24N2/c1-15(2,16)8-6-12-4-3-5-13(10-12)14-7-9-17-11-14/h3-5,10,14,17H,6-9,11,16H2,1-2H3. The molecule has 1 atom stereocenters. The highest BCUT2D eigenvalue weighted by molar-refractivity contribution is 5.27. The number of hydrogen-bond donors (Lipinski definition) is 2. The van der Waals surface area contributed by atoms with Crippen LogP contribution in [-0.2, 0) is 6.42 Å². The van der Waals surface area contributed by atoms with Gasteiger partial charge in [0.05, 0.1) is 0 Å². The van der Waals surface area contributed by atoms with Crippen molar-refractivity contribution in [3.63, 3.8) is 0 Å². The Morgan fingerprint density at radius 3 is 2.88 bits per heavy atom. The van der Waals surface area contributed by atoms with Crippen LogP contribution in [-0.4, -0.2) is 18.6 Å². The first-order chi connectivity index (χ1) is 8.04. The van der Waals surface area contributed by atoms with Crippen LogP contribution in [0.3, 0.4) is 0 Å². The Bertz CT molecular complexity index is 359. The van der Waals surface area contributed by atoms with Gasteiger partial charge in [0.2, 0.25) is 0 Å². The van der Waals surface area contributed by atoms with Gasteiger partial charge >= 0.3 is 0 Å². The summed E-state index contributed by atoms with van der Waals surface area (Å²) >= 11 is 0. The predicted molar refractivity (Wildman–Crippen MR) is 73.3 cm³/mol. The minimum absolute atomic E-state index is 0.0646. The molecule has 94 valence electrons. The Balaban J connectivity index is 2.01. The van der Waals surface area contributed by atoms with Gasteiger partial charge in [-0.05, 0) is 56.7 Å². The van der Waals surface area contributed by atoms with E-state index in [-0.39, 0.29) is 5.54 Å². The summed E-state index contributed by atoms with van der Waals surface area (Å²) in [7, 11) is 0. The average molecular weight is 232 g/mol. The normalized spacial score (nSPS) is 20.8. The van der Waals surface area contributed by atoms with Crippen LogP contribution in [0.1, 0.15) is 43.7 Å². The summed E-state index contributed by atoms with van der Waals surface area (Å²) in [6.07, 6.45) is 3.39. The average Bonchev–Trinajstić information content (AvgIpc) is 2.79. The second-order valence-corrected chi connectivity index (χ2v) is 5.92. The predicted octanol–water partition coefficient (Wildman–Crippen LogP) is 2.43. The summed E-state index contributed by atoms with van der Waals surface area (Å²) in [6.45, 7) is 6.48. The number of nitrogens with two attached hydrogens (primary N) is 1. The van der Waals surface area contributed by atoms with Gasteiger partial charge in [0.25, 0.3) is 0 Å². The van der Waals surface area contributed by atoms with E-state index in [0.29, 0.717) is 5.92 Å². The molecule has 0 spiro atoms. The van der Waals surface area contributed by atoms with Crippen LogP contribution in [0.5, 0.6) is 0 Å². The number of benzene rings is 1. The number of nitrogens with one attached hydrogen (secondary N) is 1. The summed E-state index contributed by atoms with van der Waals surface area (Å²) in [5.41, 5.74) is 8.88. The fraction of sp³-hybridized carbons (Fsp3) is 0.600. The summed E-state index contributed by atoms with van der Waals surface area (Å²) in [5, 5.41) is 3.43. The van der Waals surface area contributed by atoms with Crippen molar-refractivity contribution in [3.05, 3.63) is 35.4 Å².